The van der Waals surface area contributed by atoms with Crippen molar-refractivity contribution in [2.75, 3.05) is 18.1 Å². The lowest BCUT2D eigenvalue weighted by Gasteiger charge is -2.27. The molecule has 3 aromatic carbocycles. The van der Waals surface area contributed by atoms with Gasteiger partial charge in [0.15, 0.2) is 0 Å². The third-order valence-electron chi connectivity index (χ3n) is 4.94. The molecule has 1 aliphatic heterocycles. The van der Waals surface area contributed by atoms with Crippen LogP contribution in [0.1, 0.15) is 21.5 Å². The quantitative estimate of drug-likeness (QED) is 0.757. The number of sulfonamides is 1. The van der Waals surface area contributed by atoms with Crippen molar-refractivity contribution in [2.45, 2.75) is 13.0 Å². The summed E-state index contributed by atoms with van der Waals surface area (Å²) in [6.07, 6.45) is 1.91. The number of carbonyl (C=O) groups is 1. The van der Waals surface area contributed by atoms with E-state index < -0.39 is 10.0 Å². The molecule has 5 nitrogen and oxygen atoms in total. The highest BCUT2D eigenvalue weighted by Crippen LogP contribution is 2.25. The predicted octanol–water partition coefficient (Wildman–Crippen LogP) is 3.41. The lowest BCUT2D eigenvalue weighted by atomic mass is 10.00. The van der Waals surface area contributed by atoms with E-state index in [-0.39, 0.29) is 5.91 Å². The summed E-state index contributed by atoms with van der Waals surface area (Å²) < 4.78 is 25.1. The second-order valence-electron chi connectivity index (χ2n) is 6.81. The minimum Gasteiger partial charge on any atom is -0.322 e. The van der Waals surface area contributed by atoms with E-state index in [1.54, 1.807) is 0 Å². The van der Waals surface area contributed by atoms with E-state index in [4.69, 9.17) is 0 Å². The number of anilines is 1. The molecule has 0 fully saturated rings. The van der Waals surface area contributed by atoms with E-state index in [2.05, 4.69) is 5.32 Å². The molecule has 0 atom stereocenters. The first-order valence-electron chi connectivity index (χ1n) is 8.78. The van der Waals surface area contributed by atoms with Gasteiger partial charge in [0, 0.05) is 24.3 Å². The van der Waals surface area contributed by atoms with Gasteiger partial charge in [-0.15, -0.1) is 0 Å². The van der Waals surface area contributed by atoms with Gasteiger partial charge in [-0.2, -0.15) is 4.31 Å². The first kappa shape index (κ1) is 17.7. The summed E-state index contributed by atoms with van der Waals surface area (Å²) >= 11 is 0. The summed E-state index contributed by atoms with van der Waals surface area (Å²) in [4.78, 5) is 12.8. The van der Waals surface area contributed by atoms with Crippen LogP contribution in [0, 0.1) is 0 Å². The molecular formula is C21H20N2O3S. The van der Waals surface area contributed by atoms with Gasteiger partial charge in [0.1, 0.15) is 0 Å². The monoisotopic (exact) mass is 380 g/mol. The van der Waals surface area contributed by atoms with Gasteiger partial charge < -0.3 is 5.32 Å². The van der Waals surface area contributed by atoms with Crippen LogP contribution in [0.15, 0.2) is 60.7 Å². The number of benzene rings is 3. The largest absolute Gasteiger partial charge is 0.322 e. The van der Waals surface area contributed by atoms with Gasteiger partial charge in [0.25, 0.3) is 5.91 Å². The molecule has 1 aliphatic rings. The molecule has 27 heavy (non-hydrogen) atoms. The maximum Gasteiger partial charge on any atom is 0.256 e. The maximum absolute atomic E-state index is 12.8. The molecule has 0 saturated carbocycles. The Balaban J connectivity index is 1.61. The number of hydrogen-bond acceptors (Lipinski definition) is 3. The Hall–Kier alpha value is -2.70. The summed E-state index contributed by atoms with van der Waals surface area (Å²) in [6, 6.07) is 19.1. The van der Waals surface area contributed by atoms with Crippen LogP contribution in [-0.2, 0) is 23.0 Å². The SMILES string of the molecule is CS(=O)(=O)N1CCc2ccc(NC(=O)c3cccc4ccccc34)cc2C1. The first-order valence-corrected chi connectivity index (χ1v) is 10.6. The number of nitrogens with zero attached hydrogens (tertiary/aromatic N) is 1. The molecule has 0 aromatic heterocycles. The Bertz CT molecular complexity index is 1130. The van der Waals surface area contributed by atoms with E-state index in [1.165, 1.54) is 10.6 Å². The van der Waals surface area contributed by atoms with Crippen LogP contribution >= 0.6 is 0 Å². The normalized spacial score (nSPS) is 14.7. The second-order valence-corrected chi connectivity index (χ2v) is 8.79. The van der Waals surface area contributed by atoms with E-state index >= 15 is 0 Å². The Morgan fingerprint density at radius 1 is 1.00 bits per heavy atom. The fourth-order valence-corrected chi connectivity index (χ4v) is 4.31. The first-order chi connectivity index (χ1) is 12.9. The zero-order valence-corrected chi connectivity index (χ0v) is 15.8. The van der Waals surface area contributed by atoms with Crippen molar-refractivity contribution in [3.05, 3.63) is 77.4 Å². The van der Waals surface area contributed by atoms with Crippen LogP contribution < -0.4 is 5.32 Å². The summed E-state index contributed by atoms with van der Waals surface area (Å²) in [5.41, 5.74) is 3.34. The molecule has 0 aliphatic carbocycles. The summed E-state index contributed by atoms with van der Waals surface area (Å²) in [5, 5.41) is 4.86. The topological polar surface area (TPSA) is 66.5 Å². The summed E-state index contributed by atoms with van der Waals surface area (Å²) in [6.45, 7) is 0.833. The molecule has 1 N–H and O–H groups in total. The van der Waals surface area contributed by atoms with Crippen LogP contribution in [0.5, 0.6) is 0 Å². The number of rotatable bonds is 3. The van der Waals surface area contributed by atoms with E-state index in [9.17, 15) is 13.2 Å². The van der Waals surface area contributed by atoms with Gasteiger partial charge in [-0.25, -0.2) is 8.42 Å². The highest BCUT2D eigenvalue weighted by atomic mass is 32.2. The average molecular weight is 380 g/mol. The zero-order chi connectivity index (χ0) is 19.0. The van der Waals surface area contributed by atoms with Crippen LogP contribution in [0.25, 0.3) is 10.8 Å². The molecule has 0 radical (unpaired) electrons. The van der Waals surface area contributed by atoms with Crippen molar-refractivity contribution >= 4 is 32.4 Å². The van der Waals surface area contributed by atoms with Crippen LogP contribution in [-0.4, -0.2) is 31.4 Å². The molecule has 0 spiro atoms. The van der Waals surface area contributed by atoms with Crippen molar-refractivity contribution in [3.8, 4) is 0 Å². The van der Waals surface area contributed by atoms with Gasteiger partial charge in [-0.05, 0) is 46.5 Å². The van der Waals surface area contributed by atoms with Crippen LogP contribution in [0.4, 0.5) is 5.69 Å². The lowest BCUT2D eigenvalue weighted by Crippen LogP contribution is -2.35. The molecule has 3 aromatic rings. The van der Waals surface area contributed by atoms with Crippen molar-refractivity contribution in [2.24, 2.45) is 0 Å². The molecule has 138 valence electrons. The fraction of sp³-hybridized carbons (Fsp3) is 0.190. The minimum atomic E-state index is -3.23. The van der Waals surface area contributed by atoms with Gasteiger partial charge in [0.05, 0.1) is 6.26 Å². The zero-order valence-electron chi connectivity index (χ0n) is 15.0. The lowest BCUT2D eigenvalue weighted by molar-refractivity contribution is 0.102. The standard InChI is InChI=1S/C21H20N2O3S/c1-27(25,26)23-12-11-15-9-10-18(13-17(15)14-23)22-21(24)20-8-4-6-16-5-2-3-7-19(16)20/h2-10,13H,11-12,14H2,1H3,(H,22,24). The average Bonchev–Trinajstić information content (AvgIpc) is 2.66. The van der Waals surface area contributed by atoms with Gasteiger partial charge in [0.2, 0.25) is 10.0 Å². The van der Waals surface area contributed by atoms with Crippen molar-refractivity contribution < 1.29 is 13.2 Å². The number of hydrogen-bond donors (Lipinski definition) is 1. The molecule has 6 heteroatoms. The number of amides is 1. The fourth-order valence-electron chi connectivity index (χ4n) is 3.51. The molecule has 0 saturated heterocycles. The van der Waals surface area contributed by atoms with Crippen molar-refractivity contribution in [3.63, 3.8) is 0 Å². The van der Waals surface area contributed by atoms with Gasteiger partial charge >= 0.3 is 0 Å². The molecule has 1 amide bonds. The Morgan fingerprint density at radius 2 is 1.78 bits per heavy atom. The van der Waals surface area contributed by atoms with E-state index in [1.807, 2.05) is 60.7 Å². The van der Waals surface area contributed by atoms with Crippen LogP contribution in [0.2, 0.25) is 0 Å². The van der Waals surface area contributed by atoms with Crippen LogP contribution in [0.3, 0.4) is 0 Å². The molecular weight excluding hydrogens is 360 g/mol. The number of carbonyl (C=O) groups excluding carboxylic acids is 1. The van der Waals surface area contributed by atoms with Crippen molar-refractivity contribution in [1.29, 1.82) is 0 Å². The summed E-state index contributed by atoms with van der Waals surface area (Å²) in [7, 11) is -3.23. The molecule has 4 rings (SSSR count). The molecule has 0 bridgehead atoms. The Morgan fingerprint density at radius 3 is 2.59 bits per heavy atom. The van der Waals surface area contributed by atoms with Gasteiger partial charge in [-0.1, -0.05) is 42.5 Å². The predicted molar refractivity (Wildman–Crippen MR) is 107 cm³/mol. The Kier molecular flexibility index (Phi) is 4.45. The number of nitrogens with one attached hydrogen (secondary N) is 1. The number of fused-ring (bicyclic) bond motifs is 2. The Labute approximate surface area is 158 Å². The van der Waals surface area contributed by atoms with E-state index in [0.29, 0.717) is 30.8 Å². The maximum atomic E-state index is 12.8. The summed E-state index contributed by atoms with van der Waals surface area (Å²) in [5.74, 6) is -0.178. The van der Waals surface area contributed by atoms with Gasteiger partial charge in [-0.3, -0.25) is 4.79 Å². The highest BCUT2D eigenvalue weighted by Gasteiger charge is 2.23. The molecule has 1 heterocycles. The third kappa shape index (κ3) is 3.59. The molecule has 0 unspecified atom stereocenters. The second kappa shape index (κ2) is 6.79. The smallest absolute Gasteiger partial charge is 0.256 e. The minimum absolute atomic E-state index is 0.178. The highest BCUT2D eigenvalue weighted by molar-refractivity contribution is 7.88. The van der Waals surface area contributed by atoms with E-state index in [0.717, 1.165) is 21.9 Å². The third-order valence-corrected chi connectivity index (χ3v) is 6.19. The van der Waals surface area contributed by atoms with Crippen molar-refractivity contribution in [1.82, 2.24) is 4.31 Å².